The number of halogens is 1. The average Bonchev–Trinajstić information content (AvgIpc) is 2.65. The topological polar surface area (TPSA) is 37.3 Å². The minimum atomic E-state index is -0.745. The number of carbonyl (C=O) groups is 1. The summed E-state index contributed by atoms with van der Waals surface area (Å²) >= 11 is 0. The number of carboxylic acid groups (broad SMARTS) is 1. The van der Waals surface area contributed by atoms with E-state index >= 15 is 0 Å². The van der Waals surface area contributed by atoms with E-state index in [9.17, 15) is 4.79 Å². The molecule has 0 fully saturated rings. The number of benzene rings is 3. The van der Waals surface area contributed by atoms with E-state index in [2.05, 4.69) is 91.0 Å². The minimum Gasteiger partial charge on any atom is -0.481 e. The molecule has 0 amide bonds. The molecule has 0 aliphatic heterocycles. The van der Waals surface area contributed by atoms with Crippen molar-refractivity contribution in [3.8, 4) is 0 Å². The number of hydrogen-bond acceptors (Lipinski definition) is 1. The Morgan fingerprint density at radius 3 is 1.16 bits per heavy atom. The Labute approximate surface area is 167 Å². The van der Waals surface area contributed by atoms with Crippen LogP contribution in [-0.4, -0.2) is 11.1 Å². The van der Waals surface area contributed by atoms with Crippen molar-refractivity contribution in [3.05, 3.63) is 91.0 Å². The van der Waals surface area contributed by atoms with Gasteiger partial charge in [0, 0.05) is 6.42 Å². The molecule has 2 nitrogen and oxygen atoms in total. The van der Waals surface area contributed by atoms with Gasteiger partial charge < -0.3 is 5.11 Å². The molecule has 0 heterocycles. The molecule has 3 aromatic rings. The molecular weight excluding hydrogens is 442 g/mol. The monoisotopic (exact) mass is 464 g/mol. The first-order chi connectivity index (χ1) is 11.7. The summed E-state index contributed by atoms with van der Waals surface area (Å²) in [6, 6.07) is 32.3. The molecule has 0 spiro atoms. The maximum Gasteiger partial charge on any atom is 0.303 e. The Bertz CT molecular complexity index is 640. The summed E-state index contributed by atoms with van der Waals surface area (Å²) in [4.78, 5) is 9.37. The second-order valence-electron chi connectivity index (χ2n) is 5.09. The summed E-state index contributed by atoms with van der Waals surface area (Å²) in [6.07, 6.45) is 0.222. The van der Waals surface area contributed by atoms with Crippen molar-refractivity contribution >= 4 is 53.8 Å². The van der Waals surface area contributed by atoms with Crippen LogP contribution in [0.2, 0.25) is 0 Å². The van der Waals surface area contributed by atoms with Gasteiger partial charge in [-0.3, -0.25) is 4.79 Å². The first-order valence-corrected chi connectivity index (χ1v) is 9.23. The van der Waals surface area contributed by atoms with Gasteiger partial charge in [0.15, 0.2) is 0 Å². The fraction of sp³-hybridized carbons (Fsp3) is 0.0952. The molecule has 0 radical (unpaired) electrons. The molecule has 0 aromatic heterocycles. The zero-order valence-corrected chi connectivity index (χ0v) is 17.3. The van der Waals surface area contributed by atoms with Gasteiger partial charge in [-0.25, -0.2) is 0 Å². The van der Waals surface area contributed by atoms with Gasteiger partial charge in [0.1, 0.15) is 0 Å². The summed E-state index contributed by atoms with van der Waals surface area (Å²) in [5, 5.41) is 11.9. The molecule has 0 aliphatic carbocycles. The van der Waals surface area contributed by atoms with Crippen molar-refractivity contribution in [3.63, 3.8) is 0 Å². The van der Waals surface area contributed by atoms with Crippen LogP contribution in [0.3, 0.4) is 0 Å². The lowest BCUT2D eigenvalue weighted by Crippen LogP contribution is -2.20. The first kappa shape index (κ1) is 21.3. The van der Waals surface area contributed by atoms with Gasteiger partial charge in [0.2, 0.25) is 0 Å². The van der Waals surface area contributed by atoms with Crippen LogP contribution >= 0.6 is 31.9 Å². The van der Waals surface area contributed by atoms with Crippen LogP contribution in [0.25, 0.3) is 0 Å². The van der Waals surface area contributed by atoms with E-state index in [1.54, 1.807) is 6.92 Å². The maximum absolute atomic E-state index is 9.37. The normalized spacial score (nSPS) is 9.52. The third-order valence-corrected chi connectivity index (χ3v) is 5.79. The fourth-order valence-corrected chi connectivity index (χ4v) is 4.48. The lowest BCUT2D eigenvalue weighted by Gasteiger charge is -2.18. The molecule has 0 aliphatic rings. The SMILES string of the molecule is CCC(=O)O.I.c1ccc(P(c2ccccc2)c2ccccc2)cc1. The maximum atomic E-state index is 9.37. The highest BCUT2D eigenvalue weighted by molar-refractivity contribution is 14.0. The van der Waals surface area contributed by atoms with Gasteiger partial charge in [-0.2, -0.15) is 0 Å². The standard InChI is InChI=1S/C18H15P.C3H6O2.HI/c1-4-10-16(11-5-1)19(17-12-6-2-7-13-17)18-14-8-3-9-15-18;1-2-3(4)5;/h1-15H;2H2,1H3,(H,4,5);1H. The largest absolute Gasteiger partial charge is 0.481 e. The lowest BCUT2D eigenvalue weighted by atomic mass is 10.4. The Kier molecular flexibility index (Phi) is 10.0. The van der Waals surface area contributed by atoms with Crippen molar-refractivity contribution in [2.24, 2.45) is 0 Å². The Morgan fingerprint density at radius 2 is 0.960 bits per heavy atom. The molecule has 0 unspecified atom stereocenters. The van der Waals surface area contributed by atoms with Crippen LogP contribution in [0.1, 0.15) is 13.3 Å². The number of aliphatic carboxylic acids is 1. The van der Waals surface area contributed by atoms with Crippen molar-refractivity contribution in [2.75, 3.05) is 0 Å². The zero-order valence-electron chi connectivity index (χ0n) is 14.1. The lowest BCUT2D eigenvalue weighted by molar-refractivity contribution is -0.136. The highest BCUT2D eigenvalue weighted by Gasteiger charge is 2.14. The second kappa shape index (κ2) is 11.8. The summed E-state index contributed by atoms with van der Waals surface area (Å²) in [7, 11) is -0.446. The molecule has 4 heteroatoms. The number of rotatable bonds is 4. The molecule has 25 heavy (non-hydrogen) atoms. The minimum absolute atomic E-state index is 0. The second-order valence-corrected chi connectivity index (χ2v) is 7.31. The highest BCUT2D eigenvalue weighted by Crippen LogP contribution is 2.32. The fourth-order valence-electron chi connectivity index (χ4n) is 2.18. The van der Waals surface area contributed by atoms with Crippen molar-refractivity contribution < 1.29 is 9.90 Å². The Balaban J connectivity index is 0.000000462. The molecule has 1 N–H and O–H groups in total. The summed E-state index contributed by atoms with van der Waals surface area (Å²) in [5.41, 5.74) is 0. The highest BCUT2D eigenvalue weighted by atomic mass is 127. The molecule has 0 saturated carbocycles. The van der Waals surface area contributed by atoms with Crippen LogP contribution in [-0.2, 0) is 4.79 Å². The van der Waals surface area contributed by atoms with Gasteiger partial charge in [0.05, 0.1) is 0 Å². The van der Waals surface area contributed by atoms with E-state index in [0.717, 1.165) is 0 Å². The van der Waals surface area contributed by atoms with Crippen LogP contribution in [0.4, 0.5) is 0 Å². The smallest absolute Gasteiger partial charge is 0.303 e. The third kappa shape index (κ3) is 6.97. The number of hydrogen-bond donors (Lipinski definition) is 1. The molecule has 3 aromatic carbocycles. The summed E-state index contributed by atoms with van der Waals surface area (Å²) in [5.74, 6) is -0.745. The van der Waals surface area contributed by atoms with Crippen molar-refractivity contribution in [1.29, 1.82) is 0 Å². The molecule has 0 saturated heterocycles. The third-order valence-electron chi connectivity index (χ3n) is 3.35. The summed E-state index contributed by atoms with van der Waals surface area (Å²) in [6.45, 7) is 1.60. The van der Waals surface area contributed by atoms with Crippen molar-refractivity contribution in [1.82, 2.24) is 0 Å². The van der Waals surface area contributed by atoms with E-state index < -0.39 is 13.9 Å². The molecule has 0 bridgehead atoms. The molecule has 0 atom stereocenters. The van der Waals surface area contributed by atoms with Crippen molar-refractivity contribution in [2.45, 2.75) is 13.3 Å². The van der Waals surface area contributed by atoms with Crippen LogP contribution < -0.4 is 15.9 Å². The van der Waals surface area contributed by atoms with Crippen LogP contribution in [0.15, 0.2) is 91.0 Å². The Hall–Kier alpha value is -1.71. The summed E-state index contributed by atoms with van der Waals surface area (Å²) < 4.78 is 0. The predicted molar refractivity (Wildman–Crippen MR) is 118 cm³/mol. The van der Waals surface area contributed by atoms with E-state index in [0.29, 0.717) is 0 Å². The van der Waals surface area contributed by atoms with Gasteiger partial charge >= 0.3 is 5.97 Å². The van der Waals surface area contributed by atoms with E-state index in [4.69, 9.17) is 5.11 Å². The van der Waals surface area contributed by atoms with E-state index in [-0.39, 0.29) is 30.4 Å². The van der Waals surface area contributed by atoms with Crippen LogP contribution in [0.5, 0.6) is 0 Å². The molecular formula is C21H22IO2P. The van der Waals surface area contributed by atoms with Crippen LogP contribution in [0, 0.1) is 0 Å². The molecule has 130 valence electrons. The predicted octanol–water partition coefficient (Wildman–Crippen LogP) is 4.54. The quantitative estimate of drug-likeness (QED) is 0.455. The van der Waals surface area contributed by atoms with Gasteiger partial charge in [-0.05, 0) is 23.8 Å². The van der Waals surface area contributed by atoms with Gasteiger partial charge in [0.25, 0.3) is 0 Å². The number of carboxylic acids is 1. The average molecular weight is 464 g/mol. The van der Waals surface area contributed by atoms with E-state index in [1.165, 1.54) is 15.9 Å². The Morgan fingerprint density at radius 1 is 0.720 bits per heavy atom. The first-order valence-electron chi connectivity index (χ1n) is 7.89. The zero-order chi connectivity index (χ0) is 17.2. The molecule has 3 rings (SSSR count). The van der Waals surface area contributed by atoms with Gasteiger partial charge in [-0.1, -0.05) is 97.9 Å². The van der Waals surface area contributed by atoms with Gasteiger partial charge in [-0.15, -0.1) is 24.0 Å². The van der Waals surface area contributed by atoms with E-state index in [1.807, 2.05) is 0 Å².